The molecule has 6 nitrogen and oxygen atoms in total. The van der Waals surface area contributed by atoms with Crippen molar-refractivity contribution in [2.45, 2.75) is 25.4 Å². The lowest BCUT2D eigenvalue weighted by molar-refractivity contribution is 0.0205. The maximum Gasteiger partial charge on any atom is 0.270 e. The van der Waals surface area contributed by atoms with Crippen LogP contribution < -0.4 is 16.6 Å². The molecule has 0 aliphatic carbocycles. The summed E-state index contributed by atoms with van der Waals surface area (Å²) in [5, 5.41) is 2.84. The Morgan fingerprint density at radius 3 is 3.17 bits per heavy atom. The second kappa shape index (κ2) is 5.32. The zero-order valence-electron chi connectivity index (χ0n) is 10.4. The highest BCUT2D eigenvalue weighted by Gasteiger charge is 2.30. The van der Waals surface area contributed by atoms with E-state index >= 15 is 0 Å². The highest BCUT2D eigenvalue weighted by Crippen LogP contribution is 2.23. The first-order chi connectivity index (χ1) is 8.63. The van der Waals surface area contributed by atoms with E-state index in [4.69, 9.17) is 10.6 Å². The van der Waals surface area contributed by atoms with Crippen LogP contribution in [0.2, 0.25) is 0 Å². The first kappa shape index (κ1) is 12.8. The maximum absolute atomic E-state index is 11.9. The van der Waals surface area contributed by atoms with Crippen LogP contribution in [0.1, 0.15) is 30.3 Å². The summed E-state index contributed by atoms with van der Waals surface area (Å²) in [6.07, 6.45) is 3.54. The van der Waals surface area contributed by atoms with E-state index in [2.05, 4.69) is 15.7 Å². The summed E-state index contributed by atoms with van der Waals surface area (Å²) in [5.74, 6) is 5.07. The number of nitrogens with two attached hydrogens (primary N) is 1. The van der Waals surface area contributed by atoms with Crippen LogP contribution in [0.15, 0.2) is 18.3 Å². The largest absolute Gasteiger partial charge is 0.373 e. The molecule has 1 aromatic heterocycles. The molecule has 98 valence electrons. The second-order valence-electron chi connectivity index (χ2n) is 4.66. The topological polar surface area (TPSA) is 89.3 Å². The van der Waals surface area contributed by atoms with Crippen LogP contribution in [0, 0.1) is 0 Å². The molecule has 1 aliphatic rings. The smallest absolute Gasteiger partial charge is 0.270 e. The van der Waals surface area contributed by atoms with Crippen LogP contribution in [0.4, 0.5) is 5.69 Å². The van der Waals surface area contributed by atoms with Gasteiger partial charge in [0.25, 0.3) is 5.91 Å². The highest BCUT2D eigenvalue weighted by molar-refractivity contribution is 5.93. The molecule has 1 fully saturated rings. The van der Waals surface area contributed by atoms with Gasteiger partial charge >= 0.3 is 0 Å². The fourth-order valence-corrected chi connectivity index (χ4v) is 1.98. The lowest BCUT2D eigenvalue weighted by atomic mass is 10.0. The molecular weight excluding hydrogens is 232 g/mol. The van der Waals surface area contributed by atoms with Gasteiger partial charge < -0.3 is 15.5 Å². The number of hydrazine groups is 1. The maximum atomic E-state index is 11.9. The van der Waals surface area contributed by atoms with Crippen molar-refractivity contribution in [1.82, 2.24) is 10.3 Å². The SMILES string of the molecule is CC1(CNC(=O)c2cc(NN)ccn2)CCCO1. The van der Waals surface area contributed by atoms with Crippen LogP contribution in [0.5, 0.6) is 0 Å². The minimum absolute atomic E-state index is 0.219. The number of ether oxygens (including phenoxy) is 1. The van der Waals surface area contributed by atoms with Gasteiger partial charge in [-0.25, -0.2) is 0 Å². The van der Waals surface area contributed by atoms with Gasteiger partial charge in [0.2, 0.25) is 0 Å². The number of nitrogens with zero attached hydrogens (tertiary/aromatic N) is 1. The van der Waals surface area contributed by atoms with Gasteiger partial charge in [0.05, 0.1) is 11.3 Å². The van der Waals surface area contributed by atoms with Gasteiger partial charge in [0, 0.05) is 19.3 Å². The molecule has 18 heavy (non-hydrogen) atoms. The van der Waals surface area contributed by atoms with E-state index in [0.717, 1.165) is 19.4 Å². The molecule has 0 bridgehead atoms. The zero-order chi connectivity index (χ0) is 13.0. The number of aromatic nitrogens is 1. The van der Waals surface area contributed by atoms with Gasteiger partial charge in [0.15, 0.2) is 0 Å². The van der Waals surface area contributed by atoms with Crippen molar-refractivity contribution < 1.29 is 9.53 Å². The molecule has 1 aliphatic heterocycles. The molecule has 1 atom stereocenters. The molecule has 0 saturated carbocycles. The number of rotatable bonds is 4. The first-order valence-electron chi connectivity index (χ1n) is 5.98. The Morgan fingerprint density at radius 2 is 2.50 bits per heavy atom. The molecule has 6 heteroatoms. The number of hydrogen-bond acceptors (Lipinski definition) is 5. The summed E-state index contributed by atoms with van der Waals surface area (Å²) in [7, 11) is 0. The van der Waals surface area contributed by atoms with Crippen molar-refractivity contribution in [2.75, 3.05) is 18.6 Å². The standard InChI is InChI=1S/C12H18N4O2/c1-12(4-2-6-18-12)8-15-11(17)10-7-9(16-13)3-5-14-10/h3,5,7H,2,4,6,8,13H2,1H3,(H,14,16)(H,15,17). The Balaban J connectivity index is 1.94. The highest BCUT2D eigenvalue weighted by atomic mass is 16.5. The number of pyridine rings is 1. The Bertz CT molecular complexity index is 430. The van der Waals surface area contributed by atoms with E-state index in [1.165, 1.54) is 6.20 Å². The third-order valence-corrected chi connectivity index (χ3v) is 3.08. The molecular formula is C12H18N4O2. The van der Waals surface area contributed by atoms with Crippen LogP contribution in [0.25, 0.3) is 0 Å². The normalized spacial score (nSPS) is 22.8. The molecule has 0 aromatic carbocycles. The van der Waals surface area contributed by atoms with Gasteiger partial charge in [-0.05, 0) is 31.9 Å². The second-order valence-corrected chi connectivity index (χ2v) is 4.66. The Hall–Kier alpha value is -1.66. The molecule has 1 saturated heterocycles. The summed E-state index contributed by atoms with van der Waals surface area (Å²) in [5.41, 5.74) is 3.22. The minimum Gasteiger partial charge on any atom is -0.373 e. The molecule has 1 amide bonds. The summed E-state index contributed by atoms with van der Waals surface area (Å²) >= 11 is 0. The van der Waals surface area contributed by atoms with Crippen LogP contribution in [-0.2, 0) is 4.74 Å². The van der Waals surface area contributed by atoms with Crippen molar-refractivity contribution in [3.63, 3.8) is 0 Å². The summed E-state index contributed by atoms with van der Waals surface area (Å²) in [6, 6.07) is 3.30. The Labute approximate surface area is 106 Å². The zero-order valence-corrected chi connectivity index (χ0v) is 10.4. The van der Waals surface area contributed by atoms with E-state index < -0.39 is 0 Å². The molecule has 0 radical (unpaired) electrons. The van der Waals surface area contributed by atoms with E-state index in [1.54, 1.807) is 12.1 Å². The lowest BCUT2D eigenvalue weighted by Crippen LogP contribution is -2.40. The van der Waals surface area contributed by atoms with E-state index in [0.29, 0.717) is 17.9 Å². The van der Waals surface area contributed by atoms with Gasteiger partial charge in [-0.15, -0.1) is 0 Å². The average Bonchev–Trinajstić information content (AvgIpc) is 2.83. The third kappa shape index (κ3) is 2.96. The summed E-state index contributed by atoms with van der Waals surface area (Å²) in [4.78, 5) is 15.9. The van der Waals surface area contributed by atoms with E-state index in [-0.39, 0.29) is 11.5 Å². The summed E-state index contributed by atoms with van der Waals surface area (Å²) < 4.78 is 5.60. The molecule has 2 heterocycles. The molecule has 1 aromatic rings. The Kier molecular flexibility index (Phi) is 3.78. The number of carbonyl (C=O) groups is 1. The van der Waals surface area contributed by atoms with Crippen molar-refractivity contribution in [2.24, 2.45) is 5.84 Å². The predicted molar refractivity (Wildman–Crippen MR) is 68.0 cm³/mol. The lowest BCUT2D eigenvalue weighted by Gasteiger charge is -2.23. The van der Waals surface area contributed by atoms with Crippen LogP contribution in [-0.4, -0.2) is 29.6 Å². The number of amides is 1. The first-order valence-corrected chi connectivity index (χ1v) is 5.98. The van der Waals surface area contributed by atoms with Crippen LogP contribution in [0.3, 0.4) is 0 Å². The van der Waals surface area contributed by atoms with Gasteiger partial charge in [-0.2, -0.15) is 0 Å². The van der Waals surface area contributed by atoms with Crippen molar-refractivity contribution >= 4 is 11.6 Å². The third-order valence-electron chi connectivity index (χ3n) is 3.08. The van der Waals surface area contributed by atoms with Crippen LogP contribution >= 0.6 is 0 Å². The number of hydrogen-bond donors (Lipinski definition) is 3. The molecule has 1 unspecified atom stereocenters. The van der Waals surface area contributed by atoms with E-state index in [9.17, 15) is 4.79 Å². The van der Waals surface area contributed by atoms with Gasteiger partial charge in [-0.3, -0.25) is 15.6 Å². The van der Waals surface area contributed by atoms with Crippen molar-refractivity contribution in [3.05, 3.63) is 24.0 Å². The fourth-order valence-electron chi connectivity index (χ4n) is 1.98. The molecule has 4 N–H and O–H groups in total. The minimum atomic E-state index is -0.251. The number of nitrogens with one attached hydrogen (secondary N) is 2. The monoisotopic (exact) mass is 250 g/mol. The summed E-state index contributed by atoms with van der Waals surface area (Å²) in [6.45, 7) is 3.26. The fraction of sp³-hybridized carbons (Fsp3) is 0.500. The number of carbonyl (C=O) groups excluding carboxylic acids is 1. The quantitative estimate of drug-likeness (QED) is 0.540. The predicted octanol–water partition coefficient (Wildman–Crippen LogP) is 0.666. The van der Waals surface area contributed by atoms with Gasteiger partial charge in [0.1, 0.15) is 5.69 Å². The number of anilines is 1. The van der Waals surface area contributed by atoms with Gasteiger partial charge in [-0.1, -0.05) is 0 Å². The van der Waals surface area contributed by atoms with Crippen molar-refractivity contribution in [1.29, 1.82) is 0 Å². The average molecular weight is 250 g/mol. The number of nitrogen functional groups attached to an aromatic ring is 1. The Morgan fingerprint density at radius 1 is 1.67 bits per heavy atom. The molecule has 0 spiro atoms. The molecule has 2 rings (SSSR count). The van der Waals surface area contributed by atoms with E-state index in [1.807, 2.05) is 6.92 Å². The van der Waals surface area contributed by atoms with Crippen molar-refractivity contribution in [3.8, 4) is 0 Å².